The molecule has 1 aromatic carbocycles. The van der Waals surface area contributed by atoms with Gasteiger partial charge in [-0.1, -0.05) is 11.6 Å². The van der Waals surface area contributed by atoms with E-state index in [1.165, 1.54) is 11.3 Å². The molecule has 1 fully saturated rings. The van der Waals surface area contributed by atoms with E-state index in [1.807, 2.05) is 12.1 Å². The first-order valence-electron chi connectivity index (χ1n) is 6.39. The van der Waals surface area contributed by atoms with E-state index < -0.39 is 0 Å². The Kier molecular flexibility index (Phi) is 3.58. The van der Waals surface area contributed by atoms with E-state index in [0.29, 0.717) is 15.6 Å². The number of methoxy groups -OCH3 is 1. The van der Waals surface area contributed by atoms with Gasteiger partial charge < -0.3 is 15.8 Å². The highest BCUT2D eigenvalue weighted by molar-refractivity contribution is 7.21. The van der Waals surface area contributed by atoms with Crippen molar-refractivity contribution in [3.05, 3.63) is 28.1 Å². The Morgan fingerprint density at radius 1 is 1.50 bits per heavy atom. The molecule has 6 heteroatoms. The highest BCUT2D eigenvalue weighted by Gasteiger charge is 2.31. The minimum atomic E-state index is -0.112. The van der Waals surface area contributed by atoms with Crippen molar-refractivity contribution in [1.82, 2.24) is 5.32 Å². The lowest BCUT2D eigenvalue weighted by Crippen LogP contribution is -2.47. The molecule has 1 aromatic heterocycles. The Hall–Kier alpha value is -1.30. The van der Waals surface area contributed by atoms with E-state index in [2.05, 4.69) is 5.32 Å². The molecule has 0 aliphatic heterocycles. The van der Waals surface area contributed by atoms with Crippen LogP contribution >= 0.6 is 22.9 Å². The number of halogens is 1. The second kappa shape index (κ2) is 5.24. The van der Waals surface area contributed by atoms with E-state index in [4.69, 9.17) is 22.1 Å². The van der Waals surface area contributed by atoms with Crippen molar-refractivity contribution in [2.75, 3.05) is 12.8 Å². The van der Waals surface area contributed by atoms with E-state index in [9.17, 15) is 4.79 Å². The second-order valence-electron chi connectivity index (χ2n) is 4.98. The highest BCUT2D eigenvalue weighted by Crippen LogP contribution is 2.35. The van der Waals surface area contributed by atoms with Crippen molar-refractivity contribution in [2.45, 2.75) is 25.0 Å². The Labute approximate surface area is 125 Å². The maximum absolute atomic E-state index is 12.3. The summed E-state index contributed by atoms with van der Waals surface area (Å²) in [6.45, 7) is 0. The minimum Gasteiger partial charge on any atom is -0.397 e. The molecular formula is C14H15ClN2O2S. The Bertz CT molecular complexity index is 664. The third kappa shape index (κ3) is 2.37. The number of rotatable bonds is 3. The predicted octanol–water partition coefficient (Wildman–Crippen LogP) is 3.04. The van der Waals surface area contributed by atoms with Gasteiger partial charge in [0.2, 0.25) is 0 Å². The van der Waals surface area contributed by atoms with Gasteiger partial charge in [-0.25, -0.2) is 0 Å². The average Bonchev–Trinajstić information content (AvgIpc) is 2.70. The number of nitrogen functional groups attached to an aromatic ring is 1. The van der Waals surface area contributed by atoms with Crippen molar-refractivity contribution < 1.29 is 9.53 Å². The number of carbonyl (C=O) groups is 1. The summed E-state index contributed by atoms with van der Waals surface area (Å²) in [5.74, 6) is -0.112. The van der Waals surface area contributed by atoms with E-state index in [1.54, 1.807) is 13.2 Å². The summed E-state index contributed by atoms with van der Waals surface area (Å²) in [6.07, 6.45) is 1.98. The number of thiophene rings is 1. The quantitative estimate of drug-likeness (QED) is 0.916. The van der Waals surface area contributed by atoms with E-state index >= 15 is 0 Å². The lowest BCUT2D eigenvalue weighted by Gasteiger charge is -2.34. The summed E-state index contributed by atoms with van der Waals surface area (Å²) in [6, 6.07) is 5.65. The normalized spacial score (nSPS) is 21.7. The summed E-state index contributed by atoms with van der Waals surface area (Å²) in [4.78, 5) is 12.8. The van der Waals surface area contributed by atoms with Crippen LogP contribution in [0.15, 0.2) is 18.2 Å². The molecule has 1 aliphatic carbocycles. The van der Waals surface area contributed by atoms with Crippen LogP contribution in [0.3, 0.4) is 0 Å². The molecule has 1 aliphatic rings. The summed E-state index contributed by atoms with van der Waals surface area (Å²) in [5.41, 5.74) is 6.59. The molecule has 0 spiro atoms. The molecule has 1 heterocycles. The molecule has 4 nitrogen and oxygen atoms in total. The summed E-state index contributed by atoms with van der Waals surface area (Å²) in [5, 5.41) is 4.52. The van der Waals surface area contributed by atoms with Gasteiger partial charge in [-0.05, 0) is 31.0 Å². The van der Waals surface area contributed by atoms with Gasteiger partial charge in [0.05, 0.1) is 11.8 Å². The van der Waals surface area contributed by atoms with Crippen LogP contribution in [0.5, 0.6) is 0 Å². The monoisotopic (exact) mass is 310 g/mol. The van der Waals surface area contributed by atoms with Crippen molar-refractivity contribution >= 4 is 44.6 Å². The van der Waals surface area contributed by atoms with Gasteiger partial charge in [0.15, 0.2) is 0 Å². The number of fused-ring (bicyclic) bond motifs is 1. The summed E-state index contributed by atoms with van der Waals surface area (Å²) < 4.78 is 6.13. The number of anilines is 1. The van der Waals surface area contributed by atoms with Gasteiger partial charge in [-0.2, -0.15) is 0 Å². The molecular weight excluding hydrogens is 296 g/mol. The number of nitrogens with two attached hydrogens (primary N) is 1. The van der Waals surface area contributed by atoms with Gasteiger partial charge in [0.1, 0.15) is 4.88 Å². The van der Waals surface area contributed by atoms with Crippen molar-refractivity contribution in [3.63, 3.8) is 0 Å². The molecule has 1 saturated carbocycles. The largest absolute Gasteiger partial charge is 0.397 e. The van der Waals surface area contributed by atoms with Crippen molar-refractivity contribution in [3.8, 4) is 0 Å². The molecule has 0 unspecified atom stereocenters. The Balaban J connectivity index is 1.79. The molecule has 2 aromatic rings. The first-order valence-corrected chi connectivity index (χ1v) is 7.59. The van der Waals surface area contributed by atoms with Crippen LogP contribution in [-0.2, 0) is 4.74 Å². The van der Waals surface area contributed by atoms with E-state index in [0.717, 1.165) is 22.9 Å². The molecule has 106 valence electrons. The topological polar surface area (TPSA) is 64.3 Å². The van der Waals surface area contributed by atoms with Gasteiger partial charge in [-0.3, -0.25) is 4.79 Å². The second-order valence-corrected chi connectivity index (χ2v) is 6.47. The molecule has 3 rings (SSSR count). The number of benzene rings is 1. The Morgan fingerprint density at radius 3 is 2.95 bits per heavy atom. The van der Waals surface area contributed by atoms with Crippen LogP contribution in [-0.4, -0.2) is 25.2 Å². The molecule has 0 atom stereocenters. The molecule has 3 N–H and O–H groups in total. The molecule has 0 saturated heterocycles. The fraction of sp³-hybridized carbons (Fsp3) is 0.357. The zero-order chi connectivity index (χ0) is 14.3. The maximum atomic E-state index is 12.3. The molecule has 0 bridgehead atoms. The lowest BCUT2D eigenvalue weighted by atomic mass is 9.89. The minimum absolute atomic E-state index is 0.112. The van der Waals surface area contributed by atoms with Gasteiger partial charge in [0.25, 0.3) is 5.91 Å². The van der Waals surface area contributed by atoms with Crippen LogP contribution in [0.25, 0.3) is 10.1 Å². The maximum Gasteiger partial charge on any atom is 0.263 e. The lowest BCUT2D eigenvalue weighted by molar-refractivity contribution is 0.0177. The van der Waals surface area contributed by atoms with Gasteiger partial charge >= 0.3 is 0 Å². The van der Waals surface area contributed by atoms with E-state index in [-0.39, 0.29) is 18.1 Å². The SMILES string of the molecule is COC1CC(NC(=O)c2sc3cc(Cl)ccc3c2N)C1. The van der Waals surface area contributed by atoms with Gasteiger partial charge in [0, 0.05) is 28.3 Å². The number of ether oxygens (including phenoxy) is 1. The number of carbonyl (C=O) groups excluding carboxylic acids is 1. The van der Waals surface area contributed by atoms with Crippen LogP contribution in [0, 0.1) is 0 Å². The van der Waals surface area contributed by atoms with Crippen LogP contribution in [0.1, 0.15) is 22.5 Å². The van der Waals surface area contributed by atoms with Gasteiger partial charge in [-0.15, -0.1) is 11.3 Å². The van der Waals surface area contributed by atoms with Crippen LogP contribution in [0.2, 0.25) is 5.02 Å². The molecule has 20 heavy (non-hydrogen) atoms. The fourth-order valence-corrected chi connectivity index (χ4v) is 3.69. The van der Waals surface area contributed by atoms with Crippen molar-refractivity contribution in [1.29, 1.82) is 0 Å². The zero-order valence-electron chi connectivity index (χ0n) is 11.0. The summed E-state index contributed by atoms with van der Waals surface area (Å²) in [7, 11) is 1.69. The molecule has 0 radical (unpaired) electrons. The number of nitrogens with one attached hydrogen (secondary N) is 1. The third-order valence-electron chi connectivity index (χ3n) is 3.66. The third-order valence-corrected chi connectivity index (χ3v) is 5.06. The smallest absolute Gasteiger partial charge is 0.263 e. The molecule has 1 amide bonds. The number of hydrogen-bond acceptors (Lipinski definition) is 4. The predicted molar refractivity (Wildman–Crippen MR) is 82.5 cm³/mol. The zero-order valence-corrected chi connectivity index (χ0v) is 12.6. The fourth-order valence-electron chi connectivity index (χ4n) is 2.39. The number of amides is 1. The van der Waals surface area contributed by atoms with Crippen LogP contribution < -0.4 is 11.1 Å². The standard InChI is InChI=1S/C14H15ClN2O2S/c1-19-9-5-8(6-9)17-14(18)13-12(16)10-3-2-7(15)4-11(10)20-13/h2-4,8-9H,5-6,16H2,1H3,(H,17,18). The average molecular weight is 311 g/mol. The van der Waals surface area contributed by atoms with Crippen molar-refractivity contribution in [2.24, 2.45) is 0 Å². The van der Waals surface area contributed by atoms with Crippen LogP contribution in [0.4, 0.5) is 5.69 Å². The first kappa shape index (κ1) is 13.7. The highest BCUT2D eigenvalue weighted by atomic mass is 35.5. The Morgan fingerprint density at radius 2 is 2.25 bits per heavy atom. The summed E-state index contributed by atoms with van der Waals surface area (Å²) >= 11 is 7.34. The first-order chi connectivity index (χ1) is 9.58. The number of hydrogen-bond donors (Lipinski definition) is 2.